The van der Waals surface area contributed by atoms with Gasteiger partial charge in [0.25, 0.3) is 0 Å². The van der Waals surface area contributed by atoms with E-state index in [2.05, 4.69) is 12.2 Å². The highest BCUT2D eigenvalue weighted by Crippen LogP contribution is 2.39. The molecule has 0 aliphatic heterocycles. The summed E-state index contributed by atoms with van der Waals surface area (Å²) in [5.41, 5.74) is 0.495. The van der Waals surface area contributed by atoms with Crippen LogP contribution in [0.1, 0.15) is 39.0 Å². The van der Waals surface area contributed by atoms with Crippen LogP contribution in [-0.4, -0.2) is 37.5 Å². The highest BCUT2D eigenvalue weighted by Gasteiger charge is 2.31. The molecule has 2 N–H and O–H groups in total. The zero-order valence-electron chi connectivity index (χ0n) is 10.4. The van der Waals surface area contributed by atoms with Gasteiger partial charge in [-0.15, -0.1) is 0 Å². The molecule has 2 rings (SSSR count). The van der Waals surface area contributed by atoms with Gasteiger partial charge in [0.1, 0.15) is 0 Å². The Morgan fingerprint density at radius 3 is 2.75 bits per heavy atom. The van der Waals surface area contributed by atoms with Crippen LogP contribution in [0, 0.1) is 11.3 Å². The Hall–Kier alpha value is -0.120. The first kappa shape index (κ1) is 12.3. The fraction of sp³-hybridized carbons (Fsp3) is 1.00. The molecule has 0 saturated heterocycles. The Bertz CT molecular complexity index is 212. The molecule has 2 aliphatic carbocycles. The Balaban J connectivity index is 1.44. The van der Waals surface area contributed by atoms with E-state index in [1.165, 1.54) is 32.1 Å². The maximum Gasteiger partial charge on any atom is 0.0897 e. The minimum Gasteiger partial charge on any atom is -0.389 e. The maximum absolute atomic E-state index is 9.68. The summed E-state index contributed by atoms with van der Waals surface area (Å²) in [6, 6.07) is 0. The second-order valence-corrected chi connectivity index (χ2v) is 5.93. The van der Waals surface area contributed by atoms with Crippen molar-refractivity contribution in [3.05, 3.63) is 0 Å². The van der Waals surface area contributed by atoms with Gasteiger partial charge in [-0.25, -0.2) is 0 Å². The van der Waals surface area contributed by atoms with E-state index in [9.17, 15) is 5.11 Å². The van der Waals surface area contributed by atoms with Gasteiger partial charge in [0.15, 0.2) is 0 Å². The number of aliphatic hydroxyl groups is 1. The second-order valence-electron chi connectivity index (χ2n) is 5.93. The Morgan fingerprint density at radius 2 is 2.19 bits per heavy atom. The fourth-order valence-electron chi connectivity index (χ4n) is 2.21. The van der Waals surface area contributed by atoms with Crippen molar-refractivity contribution in [2.45, 2.75) is 45.1 Å². The predicted molar refractivity (Wildman–Crippen MR) is 64.4 cm³/mol. The van der Waals surface area contributed by atoms with Crippen LogP contribution in [0.4, 0.5) is 0 Å². The zero-order chi connectivity index (χ0) is 11.4. The number of nitrogens with one attached hydrogen (secondary N) is 1. The molecule has 1 unspecified atom stereocenters. The number of hydrogen-bond acceptors (Lipinski definition) is 3. The molecule has 1 atom stereocenters. The summed E-state index contributed by atoms with van der Waals surface area (Å²) in [7, 11) is 0. The van der Waals surface area contributed by atoms with Crippen molar-refractivity contribution < 1.29 is 9.84 Å². The SMILES string of the molecule is CC1(CNCC(O)COCC2CC2)CCC1. The Kier molecular flexibility index (Phi) is 4.22. The van der Waals surface area contributed by atoms with E-state index in [0.29, 0.717) is 18.6 Å². The Morgan fingerprint density at radius 1 is 1.44 bits per heavy atom. The van der Waals surface area contributed by atoms with E-state index in [1.807, 2.05) is 0 Å². The zero-order valence-corrected chi connectivity index (χ0v) is 10.4. The van der Waals surface area contributed by atoms with Crippen molar-refractivity contribution in [1.29, 1.82) is 0 Å². The molecule has 3 heteroatoms. The molecule has 0 aromatic rings. The normalized spacial score (nSPS) is 25.1. The first-order valence-electron chi connectivity index (χ1n) is 6.64. The minimum atomic E-state index is -0.345. The average molecular weight is 227 g/mol. The average Bonchev–Trinajstić information content (AvgIpc) is 2.99. The summed E-state index contributed by atoms with van der Waals surface area (Å²) in [6.07, 6.45) is 6.30. The van der Waals surface area contributed by atoms with E-state index in [4.69, 9.17) is 4.74 Å². The fourth-order valence-corrected chi connectivity index (χ4v) is 2.21. The van der Waals surface area contributed by atoms with Gasteiger partial charge < -0.3 is 15.2 Å². The van der Waals surface area contributed by atoms with Crippen molar-refractivity contribution in [1.82, 2.24) is 5.32 Å². The molecule has 0 spiro atoms. The van der Waals surface area contributed by atoms with Crippen molar-refractivity contribution in [2.75, 3.05) is 26.3 Å². The lowest BCUT2D eigenvalue weighted by molar-refractivity contribution is 0.0297. The highest BCUT2D eigenvalue weighted by atomic mass is 16.5. The second kappa shape index (κ2) is 5.48. The van der Waals surface area contributed by atoms with Crippen LogP contribution in [-0.2, 0) is 4.74 Å². The molecule has 94 valence electrons. The Labute approximate surface area is 98.6 Å². The van der Waals surface area contributed by atoms with E-state index >= 15 is 0 Å². The van der Waals surface area contributed by atoms with Crippen LogP contribution in [0.5, 0.6) is 0 Å². The van der Waals surface area contributed by atoms with Gasteiger partial charge in [-0.05, 0) is 37.0 Å². The lowest BCUT2D eigenvalue weighted by Gasteiger charge is -2.38. The van der Waals surface area contributed by atoms with Gasteiger partial charge in [-0.1, -0.05) is 13.3 Å². The third-order valence-electron chi connectivity index (χ3n) is 3.85. The molecule has 0 aromatic carbocycles. The molecule has 3 nitrogen and oxygen atoms in total. The monoisotopic (exact) mass is 227 g/mol. The highest BCUT2D eigenvalue weighted by molar-refractivity contribution is 4.85. The lowest BCUT2D eigenvalue weighted by atomic mass is 9.70. The van der Waals surface area contributed by atoms with Crippen LogP contribution < -0.4 is 5.32 Å². The van der Waals surface area contributed by atoms with Gasteiger partial charge in [0, 0.05) is 19.7 Å². The van der Waals surface area contributed by atoms with Crippen molar-refractivity contribution in [3.8, 4) is 0 Å². The van der Waals surface area contributed by atoms with E-state index in [-0.39, 0.29) is 6.10 Å². The maximum atomic E-state index is 9.68. The topological polar surface area (TPSA) is 41.5 Å². The molecule has 2 saturated carbocycles. The van der Waals surface area contributed by atoms with Crippen LogP contribution in [0.25, 0.3) is 0 Å². The molecule has 0 heterocycles. The van der Waals surface area contributed by atoms with Gasteiger partial charge >= 0.3 is 0 Å². The van der Waals surface area contributed by atoms with Crippen LogP contribution in [0.15, 0.2) is 0 Å². The molecule has 2 aliphatic rings. The molecule has 0 aromatic heterocycles. The number of aliphatic hydroxyl groups excluding tert-OH is 1. The summed E-state index contributed by atoms with van der Waals surface area (Å²) in [5, 5.41) is 13.0. The summed E-state index contributed by atoms with van der Waals surface area (Å²) in [4.78, 5) is 0. The summed E-state index contributed by atoms with van der Waals surface area (Å²) < 4.78 is 5.45. The minimum absolute atomic E-state index is 0.345. The van der Waals surface area contributed by atoms with Gasteiger partial charge in [-0.3, -0.25) is 0 Å². The van der Waals surface area contributed by atoms with Crippen LogP contribution in [0.3, 0.4) is 0 Å². The number of hydrogen-bond donors (Lipinski definition) is 2. The third kappa shape index (κ3) is 4.04. The lowest BCUT2D eigenvalue weighted by Crippen LogP contribution is -2.41. The molecule has 0 bridgehead atoms. The van der Waals surface area contributed by atoms with Crippen LogP contribution >= 0.6 is 0 Å². The summed E-state index contributed by atoms with van der Waals surface area (Å²) >= 11 is 0. The number of rotatable bonds is 8. The van der Waals surface area contributed by atoms with Gasteiger partial charge in [0.05, 0.1) is 12.7 Å². The van der Waals surface area contributed by atoms with Crippen molar-refractivity contribution >= 4 is 0 Å². The first-order valence-corrected chi connectivity index (χ1v) is 6.64. The number of ether oxygens (including phenoxy) is 1. The largest absolute Gasteiger partial charge is 0.389 e. The smallest absolute Gasteiger partial charge is 0.0897 e. The molecule has 0 amide bonds. The van der Waals surface area contributed by atoms with Crippen molar-refractivity contribution in [3.63, 3.8) is 0 Å². The van der Waals surface area contributed by atoms with Gasteiger partial charge in [0.2, 0.25) is 0 Å². The quantitative estimate of drug-likeness (QED) is 0.661. The van der Waals surface area contributed by atoms with E-state index < -0.39 is 0 Å². The molecular weight excluding hydrogens is 202 g/mol. The molecule has 16 heavy (non-hydrogen) atoms. The van der Waals surface area contributed by atoms with E-state index in [0.717, 1.165) is 19.1 Å². The summed E-state index contributed by atoms with van der Waals surface area (Å²) in [6.45, 7) is 5.35. The molecule has 0 radical (unpaired) electrons. The van der Waals surface area contributed by atoms with Crippen molar-refractivity contribution in [2.24, 2.45) is 11.3 Å². The third-order valence-corrected chi connectivity index (χ3v) is 3.85. The van der Waals surface area contributed by atoms with Crippen LogP contribution in [0.2, 0.25) is 0 Å². The standard InChI is InChI=1S/C13H25NO2/c1-13(5-2-6-13)10-14-7-12(15)9-16-8-11-3-4-11/h11-12,14-15H,2-10H2,1H3. The predicted octanol–water partition coefficient (Wildman–Crippen LogP) is 1.55. The van der Waals surface area contributed by atoms with E-state index in [1.54, 1.807) is 0 Å². The summed E-state index contributed by atoms with van der Waals surface area (Å²) in [5.74, 6) is 0.786. The van der Waals surface area contributed by atoms with Gasteiger partial charge in [-0.2, -0.15) is 0 Å². The molecular formula is C13H25NO2. The first-order chi connectivity index (χ1) is 7.68. The molecule has 2 fully saturated rings.